The molecule has 1 aromatic carbocycles. The predicted molar refractivity (Wildman–Crippen MR) is 81.8 cm³/mol. The van der Waals surface area contributed by atoms with Gasteiger partial charge in [0.1, 0.15) is 17.1 Å². The number of aryl methyl sites for hydroxylation is 2. The molecule has 0 aliphatic carbocycles. The third-order valence-corrected chi connectivity index (χ3v) is 3.70. The van der Waals surface area contributed by atoms with Gasteiger partial charge in [-0.25, -0.2) is 0 Å². The van der Waals surface area contributed by atoms with Gasteiger partial charge in [0.05, 0.1) is 19.7 Å². The highest BCUT2D eigenvalue weighted by molar-refractivity contribution is 5.83. The molecule has 2 heterocycles. The molecule has 0 saturated heterocycles. The zero-order chi connectivity index (χ0) is 15.7. The van der Waals surface area contributed by atoms with Gasteiger partial charge in [0.25, 0.3) is 0 Å². The lowest BCUT2D eigenvalue weighted by molar-refractivity contribution is 0.401. The van der Waals surface area contributed by atoms with Gasteiger partial charge < -0.3 is 13.6 Å². The molecule has 0 saturated carbocycles. The molecule has 0 spiro atoms. The zero-order valence-corrected chi connectivity index (χ0v) is 13.1. The van der Waals surface area contributed by atoms with E-state index in [9.17, 15) is 0 Å². The monoisotopic (exact) mass is 301 g/mol. The fourth-order valence-electron chi connectivity index (χ4n) is 2.50. The fourth-order valence-corrected chi connectivity index (χ4v) is 2.50. The summed E-state index contributed by atoms with van der Waals surface area (Å²) in [6.07, 6.45) is 0. The number of ether oxygens (including phenoxy) is 1. The number of fused-ring (bicyclic) bond motifs is 1. The topological polar surface area (TPSA) is 73.3 Å². The maximum Gasteiger partial charge on any atom is 0.230 e. The number of hydrogen-bond acceptors (Lipinski definition) is 6. The summed E-state index contributed by atoms with van der Waals surface area (Å²) in [5.74, 6) is 2.86. The standard InChI is InChI=1S/C16H19N3O3/c1-9-13-7-12(20-4)5-6-14(13)22-16(9)10(2)17-8-15-19-18-11(3)21-15/h5-7,10,17H,8H2,1-4H3/t10-/m1/s1. The van der Waals surface area contributed by atoms with Crippen molar-refractivity contribution in [2.45, 2.75) is 33.4 Å². The first-order valence-electron chi connectivity index (χ1n) is 7.18. The average molecular weight is 301 g/mol. The number of furan rings is 1. The zero-order valence-electron chi connectivity index (χ0n) is 13.1. The van der Waals surface area contributed by atoms with Crippen LogP contribution in [0.4, 0.5) is 0 Å². The minimum Gasteiger partial charge on any atom is -0.497 e. The van der Waals surface area contributed by atoms with Crippen molar-refractivity contribution in [1.29, 1.82) is 0 Å². The summed E-state index contributed by atoms with van der Waals surface area (Å²) >= 11 is 0. The van der Waals surface area contributed by atoms with Crippen molar-refractivity contribution in [1.82, 2.24) is 15.5 Å². The molecule has 0 unspecified atom stereocenters. The summed E-state index contributed by atoms with van der Waals surface area (Å²) in [7, 11) is 1.66. The Morgan fingerprint density at radius 3 is 2.73 bits per heavy atom. The number of methoxy groups -OCH3 is 1. The highest BCUT2D eigenvalue weighted by Crippen LogP contribution is 2.31. The van der Waals surface area contributed by atoms with E-state index in [2.05, 4.69) is 22.4 Å². The van der Waals surface area contributed by atoms with Crippen LogP contribution in [0.2, 0.25) is 0 Å². The molecule has 0 bridgehead atoms. The number of benzene rings is 1. The summed E-state index contributed by atoms with van der Waals surface area (Å²) in [5, 5.41) is 12.2. The second-order valence-corrected chi connectivity index (χ2v) is 5.27. The highest BCUT2D eigenvalue weighted by atomic mass is 16.5. The van der Waals surface area contributed by atoms with E-state index in [4.69, 9.17) is 13.6 Å². The molecule has 3 aromatic rings. The first-order valence-corrected chi connectivity index (χ1v) is 7.18. The Labute approximate surface area is 128 Å². The van der Waals surface area contributed by atoms with Gasteiger partial charge in [0, 0.05) is 17.9 Å². The first-order chi connectivity index (χ1) is 10.6. The summed E-state index contributed by atoms with van der Waals surface area (Å²) < 4.78 is 16.6. The van der Waals surface area contributed by atoms with Crippen LogP contribution < -0.4 is 10.1 Å². The van der Waals surface area contributed by atoms with E-state index in [0.29, 0.717) is 18.3 Å². The van der Waals surface area contributed by atoms with Crippen molar-refractivity contribution in [3.63, 3.8) is 0 Å². The van der Waals surface area contributed by atoms with Crippen molar-refractivity contribution in [2.75, 3.05) is 7.11 Å². The van der Waals surface area contributed by atoms with Gasteiger partial charge in [-0.1, -0.05) is 0 Å². The summed E-state index contributed by atoms with van der Waals surface area (Å²) in [4.78, 5) is 0. The van der Waals surface area contributed by atoms with E-state index in [1.54, 1.807) is 14.0 Å². The van der Waals surface area contributed by atoms with Gasteiger partial charge in [0.2, 0.25) is 11.8 Å². The van der Waals surface area contributed by atoms with Gasteiger partial charge >= 0.3 is 0 Å². The molecule has 0 radical (unpaired) electrons. The van der Waals surface area contributed by atoms with Crippen molar-refractivity contribution in [3.8, 4) is 5.75 Å². The van der Waals surface area contributed by atoms with Crippen LogP contribution in [0.3, 0.4) is 0 Å². The second kappa shape index (κ2) is 5.81. The summed E-state index contributed by atoms with van der Waals surface area (Å²) in [6, 6.07) is 5.85. The lowest BCUT2D eigenvalue weighted by Crippen LogP contribution is -2.18. The molecule has 1 N–H and O–H groups in total. The molecule has 0 amide bonds. The molecular formula is C16H19N3O3. The molecule has 1 atom stereocenters. The van der Waals surface area contributed by atoms with Crippen LogP contribution in [0.15, 0.2) is 27.0 Å². The predicted octanol–water partition coefficient (Wildman–Crippen LogP) is 3.29. The molecule has 0 fully saturated rings. The van der Waals surface area contributed by atoms with Crippen molar-refractivity contribution in [3.05, 3.63) is 41.3 Å². The van der Waals surface area contributed by atoms with E-state index in [-0.39, 0.29) is 6.04 Å². The molecule has 0 aliphatic heterocycles. The second-order valence-electron chi connectivity index (χ2n) is 5.27. The smallest absolute Gasteiger partial charge is 0.230 e. The Hall–Kier alpha value is -2.34. The Balaban J connectivity index is 1.81. The van der Waals surface area contributed by atoms with E-state index in [0.717, 1.165) is 28.0 Å². The SMILES string of the molecule is COc1ccc2oc([C@@H](C)NCc3nnc(C)o3)c(C)c2c1. The molecule has 3 rings (SSSR count). The molecule has 0 aliphatic rings. The van der Waals surface area contributed by atoms with E-state index in [1.165, 1.54) is 0 Å². The summed E-state index contributed by atoms with van der Waals surface area (Å²) in [5.41, 5.74) is 1.96. The number of nitrogens with zero attached hydrogens (tertiary/aromatic N) is 2. The number of nitrogens with one attached hydrogen (secondary N) is 1. The molecular weight excluding hydrogens is 282 g/mol. The Bertz CT molecular complexity index is 791. The maximum absolute atomic E-state index is 5.97. The number of hydrogen-bond donors (Lipinski definition) is 1. The summed E-state index contributed by atoms with van der Waals surface area (Å²) in [6.45, 7) is 6.37. The lowest BCUT2D eigenvalue weighted by Gasteiger charge is -2.10. The van der Waals surface area contributed by atoms with Crippen LogP contribution in [-0.2, 0) is 6.54 Å². The van der Waals surface area contributed by atoms with E-state index < -0.39 is 0 Å². The molecule has 22 heavy (non-hydrogen) atoms. The maximum atomic E-state index is 5.97. The minimum atomic E-state index is 0.0330. The van der Waals surface area contributed by atoms with Crippen LogP contribution in [-0.4, -0.2) is 17.3 Å². The van der Waals surface area contributed by atoms with Crippen molar-refractivity contribution < 1.29 is 13.6 Å². The van der Waals surface area contributed by atoms with Gasteiger partial charge in [-0.3, -0.25) is 5.32 Å². The lowest BCUT2D eigenvalue weighted by atomic mass is 10.1. The van der Waals surface area contributed by atoms with Gasteiger partial charge in [0.15, 0.2) is 0 Å². The van der Waals surface area contributed by atoms with Crippen LogP contribution in [0, 0.1) is 13.8 Å². The Morgan fingerprint density at radius 2 is 2.05 bits per heavy atom. The number of rotatable bonds is 5. The quantitative estimate of drug-likeness (QED) is 0.779. The molecule has 2 aromatic heterocycles. The molecule has 116 valence electrons. The molecule has 6 heteroatoms. The van der Waals surface area contributed by atoms with Gasteiger partial charge in [-0.2, -0.15) is 0 Å². The molecule has 6 nitrogen and oxygen atoms in total. The normalized spacial score (nSPS) is 12.7. The van der Waals surface area contributed by atoms with Crippen molar-refractivity contribution >= 4 is 11.0 Å². The van der Waals surface area contributed by atoms with Crippen LogP contribution in [0.1, 0.15) is 36.1 Å². The van der Waals surface area contributed by atoms with Gasteiger partial charge in [-0.05, 0) is 32.0 Å². The van der Waals surface area contributed by atoms with Crippen LogP contribution >= 0.6 is 0 Å². The average Bonchev–Trinajstić information content (AvgIpc) is 3.08. The fraction of sp³-hybridized carbons (Fsp3) is 0.375. The van der Waals surface area contributed by atoms with Crippen LogP contribution in [0.25, 0.3) is 11.0 Å². The van der Waals surface area contributed by atoms with E-state index >= 15 is 0 Å². The largest absolute Gasteiger partial charge is 0.497 e. The van der Waals surface area contributed by atoms with Crippen LogP contribution in [0.5, 0.6) is 5.75 Å². The minimum absolute atomic E-state index is 0.0330. The third-order valence-electron chi connectivity index (χ3n) is 3.70. The highest BCUT2D eigenvalue weighted by Gasteiger charge is 2.17. The third kappa shape index (κ3) is 2.69. The number of aromatic nitrogens is 2. The Kier molecular flexibility index (Phi) is 3.85. The van der Waals surface area contributed by atoms with E-state index in [1.807, 2.05) is 25.1 Å². The van der Waals surface area contributed by atoms with Gasteiger partial charge in [-0.15, -0.1) is 10.2 Å². The Morgan fingerprint density at radius 1 is 1.23 bits per heavy atom. The van der Waals surface area contributed by atoms with Crippen molar-refractivity contribution in [2.24, 2.45) is 0 Å². The first kappa shape index (κ1) is 14.6.